The number of carboxylic acids is 1. The van der Waals surface area contributed by atoms with Crippen LogP contribution in [0.5, 0.6) is 0 Å². The number of hydrogen-bond acceptors (Lipinski definition) is 4. The van der Waals surface area contributed by atoms with E-state index in [4.69, 9.17) is 0 Å². The van der Waals surface area contributed by atoms with Gasteiger partial charge in [-0.15, -0.1) is 0 Å². The number of rotatable bonds is 6. The minimum atomic E-state index is -3.14. The van der Waals surface area contributed by atoms with Gasteiger partial charge in [0.2, 0.25) is 0 Å². The lowest BCUT2D eigenvalue weighted by Gasteiger charge is -2.25. The lowest BCUT2D eigenvalue weighted by atomic mass is 9.83. The molecule has 1 N–H and O–H groups in total. The predicted octanol–water partition coefficient (Wildman–Crippen LogP) is 1.78. The van der Waals surface area contributed by atoms with E-state index in [1.165, 1.54) is 0 Å². The molecule has 0 aromatic carbocycles. The molecule has 0 aromatic rings. The predicted molar refractivity (Wildman–Crippen MR) is 79.6 cm³/mol. The molecule has 1 rings (SSSR count). The van der Waals surface area contributed by atoms with Crippen molar-refractivity contribution in [3.8, 4) is 0 Å². The molecule has 1 fully saturated rings. The highest BCUT2D eigenvalue weighted by Crippen LogP contribution is 2.35. The summed E-state index contributed by atoms with van der Waals surface area (Å²) in [7, 11) is -3.14. The lowest BCUT2D eigenvalue weighted by Crippen LogP contribution is -2.38. The first kappa shape index (κ1) is 17.4. The number of carboxylic acid groups (broad SMARTS) is 1. The highest BCUT2D eigenvalue weighted by atomic mass is 32.2. The van der Waals surface area contributed by atoms with E-state index >= 15 is 0 Å². The molecule has 0 amide bonds. The maximum atomic E-state index is 12.1. The van der Waals surface area contributed by atoms with E-state index in [0.29, 0.717) is 32.5 Å². The van der Waals surface area contributed by atoms with Crippen molar-refractivity contribution in [1.82, 2.24) is 4.90 Å². The maximum absolute atomic E-state index is 12.1. The second-order valence-electron chi connectivity index (χ2n) is 6.79. The highest BCUT2D eigenvalue weighted by molar-refractivity contribution is 7.92. The van der Waals surface area contributed by atoms with Gasteiger partial charge in [-0.25, -0.2) is 8.42 Å². The molecular weight excluding hydrogens is 278 g/mol. The zero-order valence-electron chi connectivity index (χ0n) is 13.0. The summed E-state index contributed by atoms with van der Waals surface area (Å²) < 4.78 is 23.4. The van der Waals surface area contributed by atoms with Crippen LogP contribution in [0.2, 0.25) is 0 Å². The molecule has 1 aliphatic heterocycles. The molecule has 5 nitrogen and oxygen atoms in total. The SMILES string of the molecule is CCCC1(C(=O)O)CCN(CCS(=O)(=O)C(C)(C)C)C1. The molecule has 1 unspecified atom stereocenters. The number of carbonyl (C=O) groups is 1. The van der Waals surface area contributed by atoms with Gasteiger partial charge < -0.3 is 10.0 Å². The first-order valence-electron chi connectivity index (χ1n) is 7.22. The first-order valence-corrected chi connectivity index (χ1v) is 8.87. The Morgan fingerprint density at radius 2 is 1.95 bits per heavy atom. The number of nitrogens with zero attached hydrogens (tertiary/aromatic N) is 1. The molecule has 0 spiro atoms. The number of hydrogen-bond donors (Lipinski definition) is 1. The Bertz CT molecular complexity index is 452. The van der Waals surface area contributed by atoms with E-state index in [-0.39, 0.29) is 5.75 Å². The fourth-order valence-corrected chi connectivity index (χ4v) is 3.78. The fourth-order valence-electron chi connectivity index (χ4n) is 2.67. The lowest BCUT2D eigenvalue weighted by molar-refractivity contribution is -0.148. The topological polar surface area (TPSA) is 74.7 Å². The van der Waals surface area contributed by atoms with Crippen LogP contribution in [0.15, 0.2) is 0 Å². The Balaban J connectivity index is 2.64. The van der Waals surface area contributed by atoms with Crippen molar-refractivity contribution >= 4 is 15.8 Å². The summed E-state index contributed by atoms with van der Waals surface area (Å²) in [5.74, 6) is -0.654. The van der Waals surface area contributed by atoms with Crippen LogP contribution in [-0.4, -0.2) is 54.5 Å². The molecular formula is C14H27NO4S. The number of sulfone groups is 1. The minimum Gasteiger partial charge on any atom is -0.481 e. The highest BCUT2D eigenvalue weighted by Gasteiger charge is 2.44. The molecule has 6 heteroatoms. The van der Waals surface area contributed by atoms with Crippen molar-refractivity contribution in [1.29, 1.82) is 0 Å². The smallest absolute Gasteiger partial charge is 0.310 e. The molecule has 1 heterocycles. The van der Waals surface area contributed by atoms with Crippen LogP contribution in [0.4, 0.5) is 0 Å². The Kier molecular flexibility index (Phi) is 5.24. The Labute approximate surface area is 122 Å². The van der Waals surface area contributed by atoms with Crippen LogP contribution in [0, 0.1) is 5.41 Å². The minimum absolute atomic E-state index is 0.0956. The van der Waals surface area contributed by atoms with Crippen LogP contribution in [-0.2, 0) is 14.6 Å². The van der Waals surface area contributed by atoms with Crippen LogP contribution in [0.3, 0.4) is 0 Å². The molecule has 1 aliphatic rings. The van der Waals surface area contributed by atoms with Gasteiger partial charge in [-0.1, -0.05) is 13.3 Å². The summed E-state index contributed by atoms with van der Waals surface area (Å²) >= 11 is 0. The molecule has 1 saturated heterocycles. The van der Waals surface area contributed by atoms with Crippen LogP contribution in [0.1, 0.15) is 47.0 Å². The van der Waals surface area contributed by atoms with Gasteiger partial charge in [0.05, 0.1) is 15.9 Å². The largest absolute Gasteiger partial charge is 0.481 e. The van der Waals surface area contributed by atoms with Crippen molar-refractivity contribution in [2.45, 2.75) is 51.7 Å². The third kappa shape index (κ3) is 3.73. The van der Waals surface area contributed by atoms with Crippen LogP contribution >= 0.6 is 0 Å². The van der Waals surface area contributed by atoms with Crippen molar-refractivity contribution in [3.05, 3.63) is 0 Å². The molecule has 0 saturated carbocycles. The quantitative estimate of drug-likeness (QED) is 0.809. The van der Waals surface area contributed by atoms with Crippen molar-refractivity contribution in [2.24, 2.45) is 5.41 Å². The van der Waals surface area contributed by atoms with Gasteiger partial charge in [-0.3, -0.25) is 4.79 Å². The molecule has 0 radical (unpaired) electrons. The van der Waals surface area contributed by atoms with Gasteiger partial charge >= 0.3 is 5.97 Å². The van der Waals surface area contributed by atoms with Gasteiger partial charge in [0.15, 0.2) is 9.84 Å². The summed E-state index contributed by atoms with van der Waals surface area (Å²) in [6.45, 7) is 8.65. The van der Waals surface area contributed by atoms with Gasteiger partial charge in [-0.2, -0.15) is 0 Å². The van der Waals surface area contributed by atoms with Crippen molar-refractivity contribution in [3.63, 3.8) is 0 Å². The standard InChI is InChI=1S/C14H27NO4S/c1-5-6-14(12(16)17)7-8-15(11-14)9-10-20(18,19)13(2,3)4/h5-11H2,1-4H3,(H,16,17). The summed E-state index contributed by atoms with van der Waals surface area (Å²) in [6, 6.07) is 0. The second-order valence-corrected chi connectivity index (χ2v) is 9.66. The van der Waals surface area contributed by atoms with E-state index in [9.17, 15) is 18.3 Å². The zero-order chi connectivity index (χ0) is 15.6. The van der Waals surface area contributed by atoms with Crippen molar-refractivity contribution in [2.75, 3.05) is 25.4 Å². The molecule has 0 aliphatic carbocycles. The Morgan fingerprint density at radius 1 is 1.35 bits per heavy atom. The van der Waals surface area contributed by atoms with E-state index in [2.05, 4.69) is 0 Å². The van der Waals surface area contributed by atoms with Crippen molar-refractivity contribution < 1.29 is 18.3 Å². The molecule has 1 atom stereocenters. The summed E-state index contributed by atoms with van der Waals surface area (Å²) in [5, 5.41) is 9.43. The van der Waals surface area contributed by atoms with Gasteiger partial charge in [0.1, 0.15) is 0 Å². The first-order chi connectivity index (χ1) is 9.04. The van der Waals surface area contributed by atoms with Gasteiger partial charge in [0.25, 0.3) is 0 Å². The fraction of sp³-hybridized carbons (Fsp3) is 0.929. The van der Waals surface area contributed by atoms with E-state index in [1.807, 2.05) is 11.8 Å². The molecule has 118 valence electrons. The normalized spacial score (nSPS) is 25.0. The van der Waals surface area contributed by atoms with Crippen LogP contribution < -0.4 is 0 Å². The Morgan fingerprint density at radius 3 is 2.40 bits per heavy atom. The van der Waals surface area contributed by atoms with E-state index < -0.39 is 26.0 Å². The molecule has 0 bridgehead atoms. The maximum Gasteiger partial charge on any atom is 0.310 e. The second kappa shape index (κ2) is 6.02. The summed E-state index contributed by atoms with van der Waals surface area (Å²) in [4.78, 5) is 13.5. The van der Waals surface area contributed by atoms with Gasteiger partial charge in [0, 0.05) is 13.1 Å². The number of likely N-dealkylation sites (tertiary alicyclic amines) is 1. The third-order valence-electron chi connectivity index (χ3n) is 4.22. The molecule has 20 heavy (non-hydrogen) atoms. The Hall–Kier alpha value is -0.620. The monoisotopic (exact) mass is 305 g/mol. The summed E-state index contributed by atoms with van der Waals surface area (Å²) in [5.41, 5.74) is -0.680. The zero-order valence-corrected chi connectivity index (χ0v) is 13.8. The van der Waals surface area contributed by atoms with E-state index in [0.717, 1.165) is 6.42 Å². The van der Waals surface area contributed by atoms with E-state index in [1.54, 1.807) is 20.8 Å². The third-order valence-corrected chi connectivity index (χ3v) is 6.81. The number of aliphatic carboxylic acids is 1. The average Bonchev–Trinajstić information content (AvgIpc) is 2.70. The molecule has 0 aromatic heterocycles. The van der Waals surface area contributed by atoms with Crippen LogP contribution in [0.25, 0.3) is 0 Å². The van der Waals surface area contributed by atoms with Gasteiger partial charge in [-0.05, 0) is 40.2 Å². The summed E-state index contributed by atoms with van der Waals surface area (Å²) in [6.07, 6.45) is 2.11. The average molecular weight is 305 g/mol.